The quantitative estimate of drug-likeness (QED) is 0.591. The lowest BCUT2D eigenvalue weighted by atomic mass is 10.1. The maximum absolute atomic E-state index is 14.7. The normalized spacial score (nSPS) is 28.0. The maximum atomic E-state index is 14.7. The van der Waals surface area contributed by atoms with E-state index in [1.807, 2.05) is 0 Å². The molecule has 0 bridgehead atoms. The van der Waals surface area contributed by atoms with Crippen LogP contribution in [0, 0.1) is 5.82 Å². The molecule has 2 aliphatic rings. The van der Waals surface area contributed by atoms with Gasteiger partial charge in [-0.1, -0.05) is 39.0 Å². The minimum atomic E-state index is -1.33. The molecule has 9 heteroatoms. The Bertz CT molecular complexity index is 800. The summed E-state index contributed by atoms with van der Waals surface area (Å²) in [5.74, 6) is -0.256. The zero-order valence-electron chi connectivity index (χ0n) is 17.8. The number of hydrogen-bond donors (Lipinski definition) is 2. The van der Waals surface area contributed by atoms with E-state index in [0.717, 1.165) is 49.0 Å². The number of aliphatic hydroxyl groups is 2. The molecule has 2 saturated heterocycles. The van der Waals surface area contributed by atoms with Crippen molar-refractivity contribution in [2.45, 2.75) is 89.8 Å². The zero-order valence-corrected chi connectivity index (χ0v) is 17.8. The van der Waals surface area contributed by atoms with E-state index in [1.54, 1.807) is 6.92 Å². The largest absolute Gasteiger partial charge is 0.388 e. The van der Waals surface area contributed by atoms with Crippen LogP contribution >= 0.6 is 0 Å². The van der Waals surface area contributed by atoms with E-state index in [4.69, 9.17) is 4.74 Å². The highest BCUT2D eigenvalue weighted by Gasteiger charge is 2.42. The molecule has 3 heterocycles. The van der Waals surface area contributed by atoms with Crippen LogP contribution in [-0.2, 0) is 4.74 Å². The van der Waals surface area contributed by atoms with E-state index in [0.29, 0.717) is 0 Å². The molecule has 168 valence electrons. The summed E-state index contributed by atoms with van der Waals surface area (Å²) < 4.78 is 20.9. The first-order valence-corrected chi connectivity index (χ1v) is 11.0. The summed E-state index contributed by atoms with van der Waals surface area (Å²) in [5, 5.41) is 19.9. The van der Waals surface area contributed by atoms with Crippen molar-refractivity contribution in [2.75, 3.05) is 13.1 Å². The molecule has 30 heavy (non-hydrogen) atoms. The summed E-state index contributed by atoms with van der Waals surface area (Å²) in [6.45, 7) is 5.53. The van der Waals surface area contributed by atoms with Crippen LogP contribution in [0.4, 0.5) is 10.2 Å². The molecule has 0 spiro atoms. The van der Waals surface area contributed by atoms with Crippen LogP contribution in [-0.4, -0.2) is 61.9 Å². The molecule has 3 rings (SSSR count). The summed E-state index contributed by atoms with van der Waals surface area (Å²) in [6, 6.07) is 0. The smallest absolute Gasteiger partial charge is 0.352 e. The fourth-order valence-corrected chi connectivity index (χ4v) is 4.04. The molecule has 0 radical (unpaired) electrons. The number of nitrogens with zero attached hydrogens (tertiary/aromatic N) is 4. The molecule has 1 aromatic heterocycles. The number of aromatic nitrogens is 2. The highest BCUT2D eigenvalue weighted by Crippen LogP contribution is 2.29. The van der Waals surface area contributed by atoms with Gasteiger partial charge in [-0.2, -0.15) is 4.98 Å². The van der Waals surface area contributed by atoms with Crippen LogP contribution < -0.4 is 5.69 Å². The molecular formula is C21H33FN4O4. The molecule has 0 aromatic carbocycles. The highest BCUT2D eigenvalue weighted by atomic mass is 19.1. The fourth-order valence-electron chi connectivity index (χ4n) is 4.04. The molecule has 2 N–H and O–H groups in total. The van der Waals surface area contributed by atoms with Gasteiger partial charge in [0.15, 0.2) is 17.9 Å². The van der Waals surface area contributed by atoms with Gasteiger partial charge in [-0.15, -0.1) is 0 Å². The van der Waals surface area contributed by atoms with E-state index in [1.165, 1.54) is 32.1 Å². The second kappa shape index (κ2) is 10.5. The van der Waals surface area contributed by atoms with Crippen molar-refractivity contribution < 1.29 is 19.3 Å². The number of aliphatic imine (C=N–C) groups is 1. The zero-order chi connectivity index (χ0) is 21.7. The average Bonchev–Trinajstić information content (AvgIpc) is 3.26. The van der Waals surface area contributed by atoms with Gasteiger partial charge < -0.3 is 19.8 Å². The van der Waals surface area contributed by atoms with Crippen molar-refractivity contribution in [3.05, 3.63) is 22.5 Å². The monoisotopic (exact) mass is 424 g/mol. The van der Waals surface area contributed by atoms with Gasteiger partial charge in [-0.3, -0.25) is 4.57 Å². The van der Waals surface area contributed by atoms with Crippen molar-refractivity contribution in [1.82, 2.24) is 14.5 Å². The van der Waals surface area contributed by atoms with E-state index in [9.17, 15) is 19.4 Å². The van der Waals surface area contributed by atoms with Gasteiger partial charge in [0.05, 0.1) is 12.3 Å². The van der Waals surface area contributed by atoms with Crippen LogP contribution in [0.2, 0.25) is 0 Å². The minimum Gasteiger partial charge on any atom is -0.388 e. The molecule has 0 unspecified atom stereocenters. The fraction of sp³-hybridized carbons (Fsp3) is 0.762. The van der Waals surface area contributed by atoms with Gasteiger partial charge in [0, 0.05) is 19.5 Å². The second-order valence-electron chi connectivity index (χ2n) is 8.20. The predicted molar refractivity (Wildman–Crippen MR) is 111 cm³/mol. The van der Waals surface area contributed by atoms with Gasteiger partial charge >= 0.3 is 5.69 Å². The first kappa shape index (κ1) is 22.8. The van der Waals surface area contributed by atoms with Crippen LogP contribution in [0.5, 0.6) is 0 Å². The highest BCUT2D eigenvalue weighted by molar-refractivity contribution is 5.86. The van der Waals surface area contributed by atoms with Crippen molar-refractivity contribution in [2.24, 2.45) is 4.99 Å². The van der Waals surface area contributed by atoms with Crippen LogP contribution in [0.3, 0.4) is 0 Å². The van der Waals surface area contributed by atoms with E-state index < -0.39 is 36.0 Å². The Labute approximate surface area is 176 Å². The first-order chi connectivity index (χ1) is 14.4. The van der Waals surface area contributed by atoms with E-state index in [2.05, 4.69) is 21.8 Å². The maximum Gasteiger partial charge on any atom is 0.352 e. The molecule has 8 nitrogen and oxygen atoms in total. The SMILES string of the molecule is CCCCCCCCN1CCCC1=Nc1nc(=O)n([C@@H]2O[C@H](C)[C@@H](O)[C@H]2O)cc1F. The van der Waals surface area contributed by atoms with E-state index in [-0.39, 0.29) is 5.82 Å². The topological polar surface area (TPSA) is 100 Å². The molecule has 1 aromatic rings. The molecule has 0 aliphatic carbocycles. The lowest BCUT2D eigenvalue weighted by Gasteiger charge is -2.19. The Morgan fingerprint density at radius 3 is 2.67 bits per heavy atom. The summed E-state index contributed by atoms with van der Waals surface area (Å²) in [5.41, 5.74) is -0.776. The van der Waals surface area contributed by atoms with Crippen LogP contribution in [0.1, 0.15) is 71.4 Å². The third-order valence-electron chi connectivity index (χ3n) is 5.85. The summed E-state index contributed by atoms with van der Waals surface area (Å²) in [6.07, 6.45) is 5.51. The molecular weight excluding hydrogens is 391 g/mol. The number of halogens is 1. The molecule has 0 amide bonds. The Balaban J connectivity index is 1.67. The summed E-state index contributed by atoms with van der Waals surface area (Å²) in [7, 11) is 0. The van der Waals surface area contributed by atoms with Gasteiger partial charge in [-0.05, 0) is 19.8 Å². The first-order valence-electron chi connectivity index (χ1n) is 11.0. The van der Waals surface area contributed by atoms with Crippen molar-refractivity contribution in [3.8, 4) is 0 Å². The number of aliphatic hydroxyl groups excluding tert-OH is 2. The standard InChI is InChI=1S/C21H33FN4O4/c1-3-4-5-6-7-8-11-25-12-9-10-16(25)23-19-15(22)13-26(21(29)24-19)20-18(28)17(27)14(2)30-20/h13-14,17-18,20,27-28H,3-12H2,1-2H3/t14-,17-,18-,20-/m1/s1. The number of amidine groups is 1. The molecule has 4 atom stereocenters. The van der Waals surface area contributed by atoms with E-state index >= 15 is 0 Å². The number of rotatable bonds is 9. The van der Waals surface area contributed by atoms with Crippen molar-refractivity contribution in [1.29, 1.82) is 0 Å². The molecule has 2 aliphatic heterocycles. The molecule has 0 saturated carbocycles. The summed E-state index contributed by atoms with van der Waals surface area (Å²) >= 11 is 0. The van der Waals surface area contributed by atoms with Gasteiger partial charge in [-0.25, -0.2) is 14.2 Å². The van der Waals surface area contributed by atoms with Crippen molar-refractivity contribution in [3.63, 3.8) is 0 Å². The molecule has 2 fully saturated rings. The van der Waals surface area contributed by atoms with Gasteiger partial charge in [0.1, 0.15) is 18.0 Å². The Hall–Kier alpha value is -1.84. The Morgan fingerprint density at radius 1 is 1.23 bits per heavy atom. The number of hydrogen-bond acceptors (Lipinski definition) is 6. The summed E-state index contributed by atoms with van der Waals surface area (Å²) in [4.78, 5) is 22.7. The number of likely N-dealkylation sites (tertiary alicyclic amines) is 1. The number of unbranched alkanes of at least 4 members (excludes halogenated alkanes) is 5. The predicted octanol–water partition coefficient (Wildman–Crippen LogP) is 2.51. The minimum absolute atomic E-state index is 0.248. The average molecular weight is 425 g/mol. The van der Waals surface area contributed by atoms with Gasteiger partial charge in [0.25, 0.3) is 0 Å². The number of ether oxygens (including phenoxy) is 1. The second-order valence-corrected chi connectivity index (χ2v) is 8.20. The lowest BCUT2D eigenvalue weighted by molar-refractivity contribution is -0.0355. The van der Waals surface area contributed by atoms with Crippen LogP contribution in [0.25, 0.3) is 0 Å². The third kappa shape index (κ3) is 5.25. The van der Waals surface area contributed by atoms with Crippen LogP contribution in [0.15, 0.2) is 16.0 Å². The van der Waals surface area contributed by atoms with Gasteiger partial charge in [0.2, 0.25) is 0 Å². The lowest BCUT2D eigenvalue weighted by Crippen LogP contribution is -2.35. The Kier molecular flexibility index (Phi) is 7.96. The third-order valence-corrected chi connectivity index (χ3v) is 5.85. The Morgan fingerprint density at radius 2 is 1.97 bits per heavy atom. The van der Waals surface area contributed by atoms with Crippen molar-refractivity contribution >= 4 is 11.7 Å².